The number of nitrogens with zero attached hydrogens (tertiary/aromatic N) is 1. The Morgan fingerprint density at radius 2 is 1.94 bits per heavy atom. The first-order valence-corrected chi connectivity index (χ1v) is 5.95. The summed E-state index contributed by atoms with van der Waals surface area (Å²) >= 11 is 3.47. The average Bonchev–Trinajstić information content (AvgIpc) is 2.11. The van der Waals surface area contributed by atoms with E-state index in [4.69, 9.17) is 5.84 Å². The van der Waals surface area contributed by atoms with E-state index in [9.17, 15) is 0 Å². The van der Waals surface area contributed by atoms with Gasteiger partial charge in [0.05, 0.1) is 5.54 Å². The highest BCUT2D eigenvalue weighted by Gasteiger charge is 2.11. The molecule has 0 spiro atoms. The van der Waals surface area contributed by atoms with Crippen LogP contribution in [0.3, 0.4) is 0 Å². The SMILES string of the molecule is Cc1cc(Br)cc(C(=NC(C)(C)C)NN)c1. The van der Waals surface area contributed by atoms with E-state index >= 15 is 0 Å². The van der Waals surface area contributed by atoms with Gasteiger partial charge in [-0.05, 0) is 51.5 Å². The van der Waals surface area contributed by atoms with E-state index in [0.29, 0.717) is 5.84 Å². The van der Waals surface area contributed by atoms with Crippen molar-refractivity contribution in [1.29, 1.82) is 0 Å². The summed E-state index contributed by atoms with van der Waals surface area (Å²) in [5.41, 5.74) is 4.66. The second kappa shape index (κ2) is 4.97. The normalized spacial score (nSPS) is 12.8. The third-order valence-corrected chi connectivity index (χ3v) is 2.36. The van der Waals surface area contributed by atoms with Crippen LogP contribution in [0.5, 0.6) is 0 Å². The number of nitrogens with one attached hydrogen (secondary N) is 1. The molecule has 0 atom stereocenters. The minimum atomic E-state index is -0.155. The molecule has 0 unspecified atom stereocenters. The molecule has 3 N–H and O–H groups in total. The molecule has 1 aromatic rings. The summed E-state index contributed by atoms with van der Waals surface area (Å²) < 4.78 is 1.03. The molecule has 3 nitrogen and oxygen atoms in total. The van der Waals surface area contributed by atoms with Crippen LogP contribution in [0.25, 0.3) is 0 Å². The fraction of sp³-hybridized carbons (Fsp3) is 0.417. The highest BCUT2D eigenvalue weighted by Crippen LogP contribution is 2.17. The maximum Gasteiger partial charge on any atom is 0.143 e. The molecule has 0 amide bonds. The Hall–Kier alpha value is -0.870. The predicted molar refractivity (Wildman–Crippen MR) is 72.5 cm³/mol. The number of hydrogen-bond acceptors (Lipinski definition) is 2. The number of benzene rings is 1. The van der Waals surface area contributed by atoms with E-state index in [1.165, 1.54) is 5.56 Å². The molecule has 0 fully saturated rings. The van der Waals surface area contributed by atoms with Crippen molar-refractivity contribution in [2.24, 2.45) is 10.8 Å². The van der Waals surface area contributed by atoms with E-state index in [1.807, 2.05) is 33.8 Å². The minimum Gasteiger partial charge on any atom is -0.308 e. The number of halogens is 1. The van der Waals surface area contributed by atoms with Gasteiger partial charge in [0, 0.05) is 10.0 Å². The Kier molecular flexibility index (Phi) is 4.10. The molecule has 0 aliphatic rings. The van der Waals surface area contributed by atoms with Crippen molar-refractivity contribution < 1.29 is 0 Å². The molecule has 0 bridgehead atoms. The standard InChI is InChI=1S/C12H18BrN3/c1-8-5-9(7-10(13)6-8)11(16-14)15-12(2,3)4/h5-7H,14H2,1-4H3,(H,15,16). The lowest BCUT2D eigenvalue weighted by molar-refractivity contribution is 0.580. The summed E-state index contributed by atoms with van der Waals surface area (Å²) in [4.78, 5) is 4.54. The molecule has 1 rings (SSSR count). The van der Waals surface area contributed by atoms with Crippen molar-refractivity contribution in [3.05, 3.63) is 33.8 Å². The van der Waals surface area contributed by atoms with Crippen LogP contribution in [-0.2, 0) is 0 Å². The maximum atomic E-state index is 5.52. The molecule has 0 radical (unpaired) electrons. The van der Waals surface area contributed by atoms with Gasteiger partial charge in [0.15, 0.2) is 0 Å². The largest absolute Gasteiger partial charge is 0.308 e. The van der Waals surface area contributed by atoms with E-state index < -0.39 is 0 Å². The number of aryl methyl sites for hydroxylation is 1. The number of hydrazine groups is 1. The van der Waals surface area contributed by atoms with Gasteiger partial charge in [0.2, 0.25) is 0 Å². The van der Waals surface area contributed by atoms with Crippen LogP contribution < -0.4 is 11.3 Å². The average molecular weight is 284 g/mol. The zero-order valence-corrected chi connectivity index (χ0v) is 11.7. The summed E-state index contributed by atoms with van der Waals surface area (Å²) in [6.45, 7) is 8.15. The van der Waals surface area contributed by atoms with Crippen molar-refractivity contribution in [3.63, 3.8) is 0 Å². The van der Waals surface area contributed by atoms with Crippen LogP contribution in [0, 0.1) is 6.92 Å². The number of amidine groups is 1. The van der Waals surface area contributed by atoms with Gasteiger partial charge in [-0.15, -0.1) is 0 Å². The Bertz CT molecular complexity index is 385. The summed E-state index contributed by atoms with van der Waals surface area (Å²) in [5, 5.41) is 0. The van der Waals surface area contributed by atoms with Crippen LogP contribution in [0.15, 0.2) is 27.7 Å². The van der Waals surface area contributed by atoms with E-state index in [1.54, 1.807) is 0 Å². The van der Waals surface area contributed by atoms with Gasteiger partial charge in [0.25, 0.3) is 0 Å². The minimum absolute atomic E-state index is 0.155. The monoisotopic (exact) mass is 283 g/mol. The Labute approximate surface area is 105 Å². The molecule has 0 aromatic heterocycles. The lowest BCUT2D eigenvalue weighted by atomic mass is 10.1. The van der Waals surface area contributed by atoms with Crippen LogP contribution in [-0.4, -0.2) is 11.4 Å². The van der Waals surface area contributed by atoms with Crippen LogP contribution in [0.1, 0.15) is 31.9 Å². The van der Waals surface area contributed by atoms with Crippen molar-refractivity contribution in [3.8, 4) is 0 Å². The van der Waals surface area contributed by atoms with Crippen LogP contribution >= 0.6 is 15.9 Å². The quantitative estimate of drug-likeness (QED) is 0.360. The highest BCUT2D eigenvalue weighted by molar-refractivity contribution is 9.10. The van der Waals surface area contributed by atoms with Gasteiger partial charge in [-0.25, -0.2) is 5.84 Å². The maximum absolute atomic E-state index is 5.52. The Morgan fingerprint density at radius 3 is 2.38 bits per heavy atom. The first kappa shape index (κ1) is 13.2. The van der Waals surface area contributed by atoms with Gasteiger partial charge in [-0.2, -0.15) is 0 Å². The number of nitrogens with two attached hydrogens (primary N) is 1. The lowest BCUT2D eigenvalue weighted by Crippen LogP contribution is -2.33. The summed E-state index contributed by atoms with van der Waals surface area (Å²) in [5.74, 6) is 6.22. The van der Waals surface area contributed by atoms with Gasteiger partial charge < -0.3 is 5.43 Å². The third-order valence-electron chi connectivity index (χ3n) is 1.90. The van der Waals surface area contributed by atoms with Gasteiger partial charge >= 0.3 is 0 Å². The molecule has 0 aliphatic carbocycles. The second-order valence-corrected chi connectivity index (χ2v) is 5.71. The fourth-order valence-electron chi connectivity index (χ4n) is 1.39. The van der Waals surface area contributed by atoms with E-state index in [2.05, 4.69) is 38.5 Å². The molecule has 1 aromatic carbocycles. The molecule has 88 valence electrons. The Morgan fingerprint density at radius 1 is 1.31 bits per heavy atom. The smallest absolute Gasteiger partial charge is 0.143 e. The van der Waals surface area contributed by atoms with Gasteiger partial charge in [-0.1, -0.05) is 15.9 Å². The lowest BCUT2D eigenvalue weighted by Gasteiger charge is -2.16. The predicted octanol–water partition coefficient (Wildman–Crippen LogP) is 2.77. The van der Waals surface area contributed by atoms with Gasteiger partial charge in [0.1, 0.15) is 5.84 Å². The van der Waals surface area contributed by atoms with Gasteiger partial charge in [-0.3, -0.25) is 4.99 Å². The first-order valence-electron chi connectivity index (χ1n) is 5.16. The number of hydrogen-bond donors (Lipinski definition) is 2. The Balaban J connectivity index is 3.19. The molecule has 0 saturated carbocycles. The molecular weight excluding hydrogens is 266 g/mol. The highest BCUT2D eigenvalue weighted by atomic mass is 79.9. The summed E-state index contributed by atoms with van der Waals surface area (Å²) in [6.07, 6.45) is 0. The van der Waals surface area contributed by atoms with E-state index in [0.717, 1.165) is 10.0 Å². The summed E-state index contributed by atoms with van der Waals surface area (Å²) in [7, 11) is 0. The molecule has 16 heavy (non-hydrogen) atoms. The first-order chi connectivity index (χ1) is 7.31. The number of aliphatic imine (C=N–C) groups is 1. The zero-order valence-electron chi connectivity index (χ0n) is 10.1. The van der Waals surface area contributed by atoms with Crippen molar-refractivity contribution >= 4 is 21.8 Å². The fourth-order valence-corrected chi connectivity index (χ4v) is 2.00. The topological polar surface area (TPSA) is 50.4 Å². The molecule has 0 aliphatic heterocycles. The van der Waals surface area contributed by atoms with Crippen molar-refractivity contribution in [2.45, 2.75) is 33.2 Å². The third kappa shape index (κ3) is 3.94. The molecule has 4 heteroatoms. The van der Waals surface area contributed by atoms with Crippen LogP contribution in [0.2, 0.25) is 0 Å². The molecular formula is C12H18BrN3. The summed E-state index contributed by atoms with van der Waals surface area (Å²) in [6, 6.07) is 6.10. The molecule has 0 saturated heterocycles. The number of rotatable bonds is 1. The van der Waals surface area contributed by atoms with Crippen molar-refractivity contribution in [1.82, 2.24) is 5.43 Å². The van der Waals surface area contributed by atoms with E-state index in [-0.39, 0.29) is 5.54 Å². The van der Waals surface area contributed by atoms with Crippen LogP contribution in [0.4, 0.5) is 0 Å². The van der Waals surface area contributed by atoms with Crippen molar-refractivity contribution in [2.75, 3.05) is 0 Å². The second-order valence-electron chi connectivity index (χ2n) is 4.79. The molecule has 0 heterocycles. The zero-order chi connectivity index (χ0) is 12.3.